The lowest BCUT2D eigenvalue weighted by Gasteiger charge is -2.09. The zero-order valence-electron chi connectivity index (χ0n) is 9.35. The monoisotopic (exact) mass is 326 g/mol. The molecule has 0 radical (unpaired) electrons. The Kier molecular flexibility index (Phi) is 3.76. The Hall–Kier alpha value is -2.00. The molecule has 0 saturated carbocycles. The first kappa shape index (κ1) is 13.4. The molecule has 0 heterocycles. The van der Waals surface area contributed by atoms with Gasteiger partial charge in [0.2, 0.25) is 0 Å². The second-order valence-electron chi connectivity index (χ2n) is 3.71. The lowest BCUT2D eigenvalue weighted by atomic mass is 10.2. The van der Waals surface area contributed by atoms with Crippen molar-refractivity contribution >= 4 is 27.3 Å². The van der Waals surface area contributed by atoms with E-state index in [1.807, 2.05) is 6.07 Å². The number of halogens is 4. The van der Waals surface area contributed by atoms with Crippen molar-refractivity contribution in [2.75, 3.05) is 5.32 Å². The SMILES string of the molecule is N#Cc1cc(Br)cc(Nc2c(F)cc(F)cc2F)c1. The first-order valence-corrected chi connectivity index (χ1v) is 5.91. The summed E-state index contributed by atoms with van der Waals surface area (Å²) < 4.78 is 40.3. The Labute approximate surface area is 115 Å². The van der Waals surface area contributed by atoms with Crippen LogP contribution in [0.25, 0.3) is 0 Å². The first-order valence-electron chi connectivity index (χ1n) is 5.12. The number of nitrogens with one attached hydrogen (secondary N) is 1. The minimum atomic E-state index is -1.05. The molecule has 2 nitrogen and oxygen atoms in total. The zero-order valence-corrected chi connectivity index (χ0v) is 10.9. The topological polar surface area (TPSA) is 35.8 Å². The number of hydrogen-bond acceptors (Lipinski definition) is 2. The van der Waals surface area contributed by atoms with Gasteiger partial charge in [-0.05, 0) is 18.2 Å². The predicted molar refractivity (Wildman–Crippen MR) is 68.5 cm³/mol. The second kappa shape index (κ2) is 5.33. The minimum absolute atomic E-state index is 0.315. The van der Waals surface area contributed by atoms with Gasteiger partial charge in [-0.1, -0.05) is 15.9 Å². The minimum Gasteiger partial charge on any atom is -0.351 e. The summed E-state index contributed by atoms with van der Waals surface area (Å²) in [7, 11) is 0. The Morgan fingerprint density at radius 2 is 1.63 bits per heavy atom. The fraction of sp³-hybridized carbons (Fsp3) is 0. The van der Waals surface area contributed by atoms with Gasteiger partial charge < -0.3 is 5.32 Å². The fourth-order valence-electron chi connectivity index (χ4n) is 1.53. The van der Waals surface area contributed by atoms with Crippen LogP contribution in [0.2, 0.25) is 0 Å². The molecule has 0 aliphatic heterocycles. The van der Waals surface area contributed by atoms with E-state index < -0.39 is 23.1 Å². The Bertz CT molecular complexity index is 657. The standard InChI is InChI=1S/C13H6BrF3N2/c14-8-1-7(6-18)2-10(3-8)19-13-11(16)4-9(15)5-12(13)17/h1-5,19H. The summed E-state index contributed by atoms with van der Waals surface area (Å²) in [5.74, 6) is -3.08. The molecular weight excluding hydrogens is 321 g/mol. The van der Waals surface area contributed by atoms with Crippen LogP contribution in [0.5, 0.6) is 0 Å². The van der Waals surface area contributed by atoms with E-state index in [1.165, 1.54) is 6.07 Å². The molecule has 19 heavy (non-hydrogen) atoms. The highest BCUT2D eigenvalue weighted by Gasteiger charge is 2.12. The van der Waals surface area contributed by atoms with Crippen LogP contribution in [0.4, 0.5) is 24.5 Å². The van der Waals surface area contributed by atoms with Crippen molar-refractivity contribution in [3.05, 3.63) is 57.8 Å². The molecule has 0 saturated heterocycles. The highest BCUT2D eigenvalue weighted by atomic mass is 79.9. The van der Waals surface area contributed by atoms with Crippen molar-refractivity contribution in [3.8, 4) is 6.07 Å². The average molecular weight is 327 g/mol. The number of nitriles is 1. The average Bonchev–Trinajstić information content (AvgIpc) is 2.33. The third-order valence-electron chi connectivity index (χ3n) is 2.30. The molecule has 0 spiro atoms. The number of nitrogens with zero attached hydrogens (tertiary/aromatic N) is 1. The molecule has 2 aromatic rings. The van der Waals surface area contributed by atoms with E-state index in [4.69, 9.17) is 5.26 Å². The molecule has 0 fully saturated rings. The summed E-state index contributed by atoms with van der Waals surface area (Å²) >= 11 is 3.18. The molecule has 6 heteroatoms. The van der Waals surface area contributed by atoms with Gasteiger partial charge >= 0.3 is 0 Å². The van der Waals surface area contributed by atoms with Gasteiger partial charge in [0.1, 0.15) is 11.5 Å². The maximum Gasteiger partial charge on any atom is 0.152 e. The van der Waals surface area contributed by atoms with Crippen LogP contribution >= 0.6 is 15.9 Å². The highest BCUT2D eigenvalue weighted by molar-refractivity contribution is 9.10. The third-order valence-corrected chi connectivity index (χ3v) is 2.76. The van der Waals surface area contributed by atoms with Crippen molar-refractivity contribution in [1.29, 1.82) is 5.26 Å². The van der Waals surface area contributed by atoms with Crippen LogP contribution in [0.1, 0.15) is 5.56 Å². The molecule has 0 amide bonds. The summed E-state index contributed by atoms with van der Waals surface area (Å²) in [4.78, 5) is 0. The second-order valence-corrected chi connectivity index (χ2v) is 4.63. The molecule has 0 aromatic heterocycles. The first-order chi connectivity index (χ1) is 8.99. The lowest BCUT2D eigenvalue weighted by molar-refractivity contribution is 0.549. The van der Waals surface area contributed by atoms with E-state index in [-0.39, 0.29) is 0 Å². The molecule has 1 N–H and O–H groups in total. The third kappa shape index (κ3) is 3.06. The summed E-state index contributed by atoms with van der Waals surface area (Å²) in [6.45, 7) is 0. The quantitative estimate of drug-likeness (QED) is 0.883. The summed E-state index contributed by atoms with van der Waals surface area (Å²) in [6, 6.07) is 7.60. The van der Waals surface area contributed by atoms with Crippen LogP contribution in [0.15, 0.2) is 34.8 Å². The Balaban J connectivity index is 2.42. The molecular formula is C13H6BrF3N2. The molecule has 0 unspecified atom stereocenters. The summed E-state index contributed by atoms with van der Waals surface area (Å²) in [5, 5.41) is 11.3. The highest BCUT2D eigenvalue weighted by Crippen LogP contribution is 2.27. The van der Waals surface area contributed by atoms with Crippen molar-refractivity contribution in [3.63, 3.8) is 0 Å². The normalized spacial score (nSPS) is 10.1. The fourth-order valence-corrected chi connectivity index (χ4v) is 2.03. The number of rotatable bonds is 2. The Morgan fingerprint density at radius 1 is 1.00 bits per heavy atom. The van der Waals surface area contributed by atoms with E-state index in [2.05, 4.69) is 21.2 Å². The smallest absolute Gasteiger partial charge is 0.152 e. The van der Waals surface area contributed by atoms with E-state index in [1.54, 1.807) is 12.1 Å². The largest absolute Gasteiger partial charge is 0.351 e. The van der Waals surface area contributed by atoms with Gasteiger partial charge in [-0.15, -0.1) is 0 Å². The van der Waals surface area contributed by atoms with Gasteiger partial charge in [-0.3, -0.25) is 0 Å². The molecule has 0 bridgehead atoms. The predicted octanol–water partition coefficient (Wildman–Crippen LogP) is 4.48. The lowest BCUT2D eigenvalue weighted by Crippen LogP contribution is -1.99. The zero-order chi connectivity index (χ0) is 14.0. The maximum absolute atomic E-state index is 13.5. The number of hydrogen-bond donors (Lipinski definition) is 1. The van der Waals surface area contributed by atoms with Crippen molar-refractivity contribution in [2.45, 2.75) is 0 Å². The number of anilines is 2. The van der Waals surface area contributed by atoms with Gasteiger partial charge in [0.25, 0.3) is 0 Å². The molecule has 0 aliphatic carbocycles. The summed E-state index contributed by atoms with van der Waals surface area (Å²) in [6.07, 6.45) is 0. The van der Waals surface area contributed by atoms with Crippen molar-refractivity contribution in [2.24, 2.45) is 0 Å². The van der Waals surface area contributed by atoms with Gasteiger partial charge in [0, 0.05) is 22.3 Å². The van der Waals surface area contributed by atoms with E-state index in [0.717, 1.165) is 0 Å². The maximum atomic E-state index is 13.5. The van der Waals surface area contributed by atoms with Crippen LogP contribution in [0, 0.1) is 28.8 Å². The van der Waals surface area contributed by atoms with Crippen LogP contribution in [-0.4, -0.2) is 0 Å². The molecule has 0 atom stereocenters. The van der Waals surface area contributed by atoms with E-state index >= 15 is 0 Å². The summed E-state index contributed by atoms with van der Waals surface area (Å²) in [5.41, 5.74) is 0.165. The van der Waals surface area contributed by atoms with Gasteiger partial charge in [0.05, 0.1) is 11.6 Å². The van der Waals surface area contributed by atoms with Crippen LogP contribution in [0.3, 0.4) is 0 Å². The molecule has 0 aliphatic rings. The molecule has 2 rings (SSSR count). The van der Waals surface area contributed by atoms with Gasteiger partial charge in [-0.2, -0.15) is 5.26 Å². The molecule has 96 valence electrons. The van der Waals surface area contributed by atoms with E-state index in [9.17, 15) is 13.2 Å². The number of benzene rings is 2. The van der Waals surface area contributed by atoms with Crippen molar-refractivity contribution in [1.82, 2.24) is 0 Å². The Morgan fingerprint density at radius 3 is 2.21 bits per heavy atom. The van der Waals surface area contributed by atoms with E-state index in [0.29, 0.717) is 27.9 Å². The van der Waals surface area contributed by atoms with Crippen LogP contribution < -0.4 is 5.32 Å². The van der Waals surface area contributed by atoms with Gasteiger partial charge in [0.15, 0.2) is 11.6 Å². The van der Waals surface area contributed by atoms with Crippen LogP contribution in [-0.2, 0) is 0 Å². The van der Waals surface area contributed by atoms with Crippen molar-refractivity contribution < 1.29 is 13.2 Å². The molecule has 2 aromatic carbocycles. The van der Waals surface area contributed by atoms with Gasteiger partial charge in [-0.25, -0.2) is 13.2 Å².